The van der Waals surface area contributed by atoms with Gasteiger partial charge in [0.25, 0.3) is 0 Å². The van der Waals surface area contributed by atoms with Crippen LogP contribution < -0.4 is 10.6 Å². The number of nitrogens with one attached hydrogen (secondary N) is 2. The van der Waals surface area contributed by atoms with E-state index in [4.69, 9.17) is 17.3 Å². The number of thiocarbonyl (C=S) groups is 1. The van der Waals surface area contributed by atoms with Gasteiger partial charge in [-0.1, -0.05) is 6.42 Å². The molecule has 2 aliphatic rings. The molecule has 4 heteroatoms. The molecule has 0 aromatic carbocycles. The van der Waals surface area contributed by atoms with Crippen LogP contribution in [-0.4, -0.2) is 28.9 Å². The molecule has 4 atom stereocenters. The number of aliphatic hydroxyl groups is 1. The van der Waals surface area contributed by atoms with E-state index in [0.717, 1.165) is 11.8 Å². The van der Waals surface area contributed by atoms with Gasteiger partial charge in [-0.05, 0) is 50.2 Å². The van der Waals surface area contributed by atoms with Gasteiger partial charge in [-0.3, -0.25) is 0 Å². The quantitative estimate of drug-likeness (QED) is 0.631. The highest BCUT2D eigenvalue weighted by molar-refractivity contribution is 7.80. The Hall–Kier alpha value is -0.350. The minimum atomic E-state index is -0.343. The molecule has 15 heavy (non-hydrogen) atoms. The fraction of sp³-hybridized carbons (Fsp3) is 0.909. The third-order valence-corrected chi connectivity index (χ3v) is 3.87. The van der Waals surface area contributed by atoms with Crippen molar-refractivity contribution in [2.75, 3.05) is 6.54 Å². The summed E-state index contributed by atoms with van der Waals surface area (Å²) in [5.74, 6) is 1.77. The Morgan fingerprint density at radius 1 is 1.47 bits per heavy atom. The minimum absolute atomic E-state index is 0.343. The van der Waals surface area contributed by atoms with Crippen molar-refractivity contribution in [3.8, 4) is 0 Å². The molecule has 2 bridgehead atoms. The Balaban J connectivity index is 1.71. The van der Waals surface area contributed by atoms with Gasteiger partial charge in [-0.2, -0.15) is 0 Å². The summed E-state index contributed by atoms with van der Waals surface area (Å²) in [5, 5.41) is 16.2. The predicted octanol–water partition coefficient (Wildman–Crippen LogP) is 1.02. The number of hydrogen-bond acceptors (Lipinski definition) is 2. The van der Waals surface area contributed by atoms with Gasteiger partial charge in [-0.25, -0.2) is 0 Å². The van der Waals surface area contributed by atoms with E-state index in [0.29, 0.717) is 17.7 Å². The lowest BCUT2D eigenvalue weighted by Crippen LogP contribution is -2.45. The molecular formula is C11H20N2OS. The van der Waals surface area contributed by atoms with Gasteiger partial charge < -0.3 is 15.7 Å². The highest BCUT2D eigenvalue weighted by Crippen LogP contribution is 2.44. The molecule has 2 rings (SSSR count). The van der Waals surface area contributed by atoms with Crippen molar-refractivity contribution >= 4 is 17.3 Å². The smallest absolute Gasteiger partial charge is 0.166 e. The largest absolute Gasteiger partial charge is 0.392 e. The highest BCUT2D eigenvalue weighted by Gasteiger charge is 2.39. The molecule has 3 N–H and O–H groups in total. The second-order valence-corrected chi connectivity index (χ2v) is 5.39. The van der Waals surface area contributed by atoms with Crippen molar-refractivity contribution in [3.63, 3.8) is 0 Å². The zero-order valence-corrected chi connectivity index (χ0v) is 10.0. The fourth-order valence-electron chi connectivity index (χ4n) is 2.88. The Morgan fingerprint density at radius 2 is 2.27 bits per heavy atom. The summed E-state index contributed by atoms with van der Waals surface area (Å²) < 4.78 is 0. The zero-order chi connectivity index (χ0) is 10.8. The van der Waals surface area contributed by atoms with Crippen LogP contribution in [0.25, 0.3) is 0 Å². The van der Waals surface area contributed by atoms with Crippen LogP contribution in [0.1, 0.15) is 32.6 Å². The topological polar surface area (TPSA) is 44.3 Å². The average molecular weight is 228 g/mol. The molecule has 0 unspecified atom stereocenters. The molecule has 0 amide bonds. The van der Waals surface area contributed by atoms with Gasteiger partial charge in [0.05, 0.1) is 6.10 Å². The lowest BCUT2D eigenvalue weighted by atomic mass is 9.96. The van der Waals surface area contributed by atoms with Gasteiger partial charge in [0.1, 0.15) is 0 Å². The van der Waals surface area contributed by atoms with Crippen LogP contribution in [0.5, 0.6) is 0 Å². The standard InChI is InChI=1S/C11H20N2OS/c1-7(14)6-12-11(15)13-10-5-8-2-3-9(10)4-8/h7-10,14H,2-6H2,1H3,(H2,12,13,15)/t7-,8+,9-,10+/m0/s1. The van der Waals surface area contributed by atoms with E-state index in [2.05, 4.69) is 10.6 Å². The number of fused-ring (bicyclic) bond motifs is 2. The maximum Gasteiger partial charge on any atom is 0.166 e. The summed E-state index contributed by atoms with van der Waals surface area (Å²) in [6.45, 7) is 2.29. The van der Waals surface area contributed by atoms with E-state index in [9.17, 15) is 0 Å². The fourth-order valence-corrected chi connectivity index (χ4v) is 3.12. The summed E-state index contributed by atoms with van der Waals surface area (Å²) >= 11 is 5.19. The molecule has 0 aromatic rings. The van der Waals surface area contributed by atoms with Gasteiger partial charge in [0, 0.05) is 12.6 Å². The lowest BCUT2D eigenvalue weighted by Gasteiger charge is -2.24. The van der Waals surface area contributed by atoms with Crippen LogP contribution in [-0.2, 0) is 0 Å². The van der Waals surface area contributed by atoms with Crippen molar-refractivity contribution in [3.05, 3.63) is 0 Å². The van der Waals surface area contributed by atoms with E-state index in [1.165, 1.54) is 25.7 Å². The summed E-state index contributed by atoms with van der Waals surface area (Å²) in [4.78, 5) is 0. The first-order chi connectivity index (χ1) is 7.15. The summed E-state index contributed by atoms with van der Waals surface area (Å²) in [6.07, 6.45) is 5.10. The monoisotopic (exact) mass is 228 g/mol. The van der Waals surface area contributed by atoms with Crippen molar-refractivity contribution in [2.45, 2.75) is 44.8 Å². The molecule has 0 spiro atoms. The van der Waals surface area contributed by atoms with Crippen LogP contribution in [0, 0.1) is 11.8 Å². The third kappa shape index (κ3) is 2.82. The van der Waals surface area contributed by atoms with Crippen molar-refractivity contribution in [1.82, 2.24) is 10.6 Å². The molecule has 2 aliphatic carbocycles. The van der Waals surface area contributed by atoms with E-state index >= 15 is 0 Å². The average Bonchev–Trinajstić information content (AvgIpc) is 2.76. The second-order valence-electron chi connectivity index (χ2n) is 4.98. The van der Waals surface area contributed by atoms with Gasteiger partial charge in [0.2, 0.25) is 0 Å². The van der Waals surface area contributed by atoms with Gasteiger partial charge in [-0.15, -0.1) is 0 Å². The Morgan fingerprint density at radius 3 is 2.80 bits per heavy atom. The molecule has 0 radical (unpaired) electrons. The summed E-state index contributed by atoms with van der Waals surface area (Å²) in [6, 6.07) is 0.581. The Bertz CT molecular complexity index is 245. The first-order valence-electron chi connectivity index (χ1n) is 5.87. The van der Waals surface area contributed by atoms with E-state index in [1.807, 2.05) is 0 Å². The van der Waals surface area contributed by atoms with E-state index < -0.39 is 0 Å². The molecule has 86 valence electrons. The van der Waals surface area contributed by atoms with Crippen molar-refractivity contribution in [2.24, 2.45) is 11.8 Å². The Labute approximate surface area is 96.6 Å². The Kier molecular flexibility index (Phi) is 3.46. The number of aliphatic hydroxyl groups excluding tert-OH is 1. The molecular weight excluding hydrogens is 208 g/mol. The SMILES string of the molecule is C[C@H](O)CNC(=S)N[C@@H]1C[C@@H]2CC[C@H]1C2. The summed E-state index contributed by atoms with van der Waals surface area (Å²) in [7, 11) is 0. The maximum absolute atomic E-state index is 9.12. The molecule has 0 aromatic heterocycles. The highest BCUT2D eigenvalue weighted by atomic mass is 32.1. The van der Waals surface area contributed by atoms with Gasteiger partial charge >= 0.3 is 0 Å². The second kappa shape index (κ2) is 4.66. The summed E-state index contributed by atoms with van der Waals surface area (Å²) in [5.41, 5.74) is 0. The number of hydrogen-bond donors (Lipinski definition) is 3. The molecule has 0 aliphatic heterocycles. The first kappa shape index (κ1) is 11.1. The van der Waals surface area contributed by atoms with E-state index in [-0.39, 0.29) is 6.10 Å². The maximum atomic E-state index is 9.12. The number of rotatable bonds is 3. The molecule has 0 heterocycles. The molecule has 3 nitrogen and oxygen atoms in total. The van der Waals surface area contributed by atoms with E-state index in [1.54, 1.807) is 6.92 Å². The normalized spacial score (nSPS) is 35.2. The van der Waals surface area contributed by atoms with Crippen molar-refractivity contribution in [1.29, 1.82) is 0 Å². The first-order valence-corrected chi connectivity index (χ1v) is 6.28. The van der Waals surface area contributed by atoms with Crippen LogP contribution in [0.4, 0.5) is 0 Å². The predicted molar refractivity (Wildman–Crippen MR) is 64.7 cm³/mol. The van der Waals surface area contributed by atoms with Crippen LogP contribution in [0.2, 0.25) is 0 Å². The van der Waals surface area contributed by atoms with Crippen LogP contribution in [0.15, 0.2) is 0 Å². The van der Waals surface area contributed by atoms with Crippen LogP contribution in [0.3, 0.4) is 0 Å². The molecule has 2 fully saturated rings. The molecule has 2 saturated carbocycles. The van der Waals surface area contributed by atoms with Crippen molar-refractivity contribution < 1.29 is 5.11 Å². The third-order valence-electron chi connectivity index (χ3n) is 3.61. The molecule has 0 saturated heterocycles. The lowest BCUT2D eigenvalue weighted by molar-refractivity contribution is 0.197. The minimum Gasteiger partial charge on any atom is -0.392 e. The van der Waals surface area contributed by atoms with Crippen LogP contribution >= 0.6 is 12.2 Å². The van der Waals surface area contributed by atoms with Gasteiger partial charge in [0.15, 0.2) is 5.11 Å². The zero-order valence-electron chi connectivity index (χ0n) is 9.20.